The maximum Gasteiger partial charge on any atom is 0.115 e. The average molecular weight is 290 g/mol. The van der Waals surface area contributed by atoms with Crippen LogP contribution >= 0.6 is 0 Å². The van der Waals surface area contributed by atoms with Crippen molar-refractivity contribution in [1.29, 1.82) is 0 Å². The normalized spacial score (nSPS) is 17.8. The summed E-state index contributed by atoms with van der Waals surface area (Å²) in [6.45, 7) is 7.24. The van der Waals surface area contributed by atoms with Crippen molar-refractivity contribution >= 4 is 0 Å². The van der Waals surface area contributed by atoms with Gasteiger partial charge in [-0.25, -0.2) is 0 Å². The Balaban J connectivity index is 1.52. The Bertz CT molecular complexity index is 385. The van der Waals surface area contributed by atoms with Crippen molar-refractivity contribution in [3.05, 3.63) is 29.8 Å². The van der Waals surface area contributed by atoms with E-state index in [0.717, 1.165) is 19.4 Å². The number of piperidine rings is 1. The predicted molar refractivity (Wildman–Crippen MR) is 88.8 cm³/mol. The minimum Gasteiger partial charge on any atom is -0.508 e. The summed E-state index contributed by atoms with van der Waals surface area (Å²) in [5.74, 6) is 0.350. The summed E-state index contributed by atoms with van der Waals surface area (Å²) in [5.41, 5.74) is 1.30. The van der Waals surface area contributed by atoms with Gasteiger partial charge in [0.05, 0.1) is 0 Å². The zero-order chi connectivity index (χ0) is 14.9. The molecule has 1 fully saturated rings. The average Bonchev–Trinajstić information content (AvgIpc) is 2.52. The molecule has 0 spiro atoms. The summed E-state index contributed by atoms with van der Waals surface area (Å²) in [6, 6.07) is 8.12. The van der Waals surface area contributed by atoms with Crippen LogP contribution in [0.5, 0.6) is 5.75 Å². The first-order valence-corrected chi connectivity index (χ1v) is 8.48. The Morgan fingerprint density at radius 1 is 1.14 bits per heavy atom. The van der Waals surface area contributed by atoms with E-state index in [0.29, 0.717) is 11.8 Å². The molecule has 1 unspecified atom stereocenters. The molecule has 0 aliphatic carbocycles. The standard InChI is InChI=1S/C18H30N2O/c1-16(6-7-17-8-10-18(21)11-9-17)19-12-5-15-20-13-3-2-4-14-20/h8-11,16,19,21H,2-7,12-15H2,1H3. The van der Waals surface area contributed by atoms with Crippen molar-refractivity contribution < 1.29 is 5.11 Å². The van der Waals surface area contributed by atoms with Crippen LogP contribution in [0.4, 0.5) is 0 Å². The van der Waals surface area contributed by atoms with E-state index in [1.54, 1.807) is 12.1 Å². The van der Waals surface area contributed by atoms with Gasteiger partial charge < -0.3 is 15.3 Å². The molecule has 1 saturated heterocycles. The van der Waals surface area contributed by atoms with Crippen molar-refractivity contribution in [2.75, 3.05) is 26.2 Å². The molecule has 1 atom stereocenters. The van der Waals surface area contributed by atoms with Crippen molar-refractivity contribution in [3.8, 4) is 5.75 Å². The van der Waals surface area contributed by atoms with Gasteiger partial charge in [-0.3, -0.25) is 0 Å². The Labute approximate surface area is 129 Å². The van der Waals surface area contributed by atoms with E-state index in [1.807, 2.05) is 12.1 Å². The number of phenolic OH excluding ortho intramolecular Hbond substituents is 1. The molecule has 1 aliphatic heterocycles. The van der Waals surface area contributed by atoms with E-state index >= 15 is 0 Å². The Morgan fingerprint density at radius 2 is 1.86 bits per heavy atom. The molecular weight excluding hydrogens is 260 g/mol. The maximum atomic E-state index is 9.27. The van der Waals surface area contributed by atoms with Crippen molar-refractivity contribution in [1.82, 2.24) is 10.2 Å². The molecule has 0 saturated carbocycles. The third kappa shape index (κ3) is 6.49. The molecule has 1 heterocycles. The number of aryl methyl sites for hydroxylation is 1. The van der Waals surface area contributed by atoms with Crippen LogP contribution in [0.3, 0.4) is 0 Å². The second-order valence-corrected chi connectivity index (χ2v) is 6.32. The maximum absolute atomic E-state index is 9.27. The van der Waals surface area contributed by atoms with Crippen molar-refractivity contribution in [2.45, 2.75) is 51.5 Å². The molecule has 1 aliphatic rings. The van der Waals surface area contributed by atoms with E-state index < -0.39 is 0 Å². The van der Waals surface area contributed by atoms with Gasteiger partial charge >= 0.3 is 0 Å². The fourth-order valence-corrected chi connectivity index (χ4v) is 2.98. The monoisotopic (exact) mass is 290 g/mol. The summed E-state index contributed by atoms with van der Waals surface area (Å²) in [5, 5.41) is 12.9. The molecule has 1 aromatic carbocycles. The second-order valence-electron chi connectivity index (χ2n) is 6.32. The number of benzene rings is 1. The lowest BCUT2D eigenvalue weighted by Gasteiger charge is -2.26. The van der Waals surface area contributed by atoms with Crippen LogP contribution in [-0.2, 0) is 6.42 Å². The van der Waals surface area contributed by atoms with Crippen LogP contribution < -0.4 is 5.32 Å². The van der Waals surface area contributed by atoms with Crippen LogP contribution in [0.15, 0.2) is 24.3 Å². The first kappa shape index (κ1) is 16.3. The first-order valence-electron chi connectivity index (χ1n) is 8.48. The third-order valence-electron chi connectivity index (χ3n) is 4.39. The van der Waals surface area contributed by atoms with Gasteiger partial charge in [0.15, 0.2) is 0 Å². The van der Waals surface area contributed by atoms with E-state index in [2.05, 4.69) is 17.1 Å². The van der Waals surface area contributed by atoms with Crippen LogP contribution in [0.1, 0.15) is 44.6 Å². The minimum absolute atomic E-state index is 0.350. The summed E-state index contributed by atoms with van der Waals surface area (Å²) in [6.07, 6.45) is 7.66. The van der Waals surface area contributed by atoms with Crippen molar-refractivity contribution in [3.63, 3.8) is 0 Å². The van der Waals surface area contributed by atoms with Gasteiger partial charge in [0.2, 0.25) is 0 Å². The highest BCUT2D eigenvalue weighted by atomic mass is 16.3. The summed E-state index contributed by atoms with van der Waals surface area (Å²) in [7, 11) is 0. The molecule has 118 valence electrons. The predicted octanol–water partition coefficient (Wildman–Crippen LogP) is 3.18. The number of hydrogen-bond acceptors (Lipinski definition) is 3. The van der Waals surface area contributed by atoms with E-state index in [9.17, 15) is 5.11 Å². The van der Waals surface area contributed by atoms with E-state index in [4.69, 9.17) is 0 Å². The number of likely N-dealkylation sites (tertiary alicyclic amines) is 1. The van der Waals surface area contributed by atoms with Gasteiger partial charge in [-0.2, -0.15) is 0 Å². The van der Waals surface area contributed by atoms with Gasteiger partial charge in [-0.1, -0.05) is 18.6 Å². The lowest BCUT2D eigenvalue weighted by Crippen LogP contribution is -2.34. The summed E-state index contributed by atoms with van der Waals surface area (Å²) < 4.78 is 0. The molecule has 2 N–H and O–H groups in total. The highest BCUT2D eigenvalue weighted by Crippen LogP contribution is 2.12. The minimum atomic E-state index is 0.350. The van der Waals surface area contributed by atoms with Gasteiger partial charge in [0.25, 0.3) is 0 Å². The molecule has 0 radical (unpaired) electrons. The fourth-order valence-electron chi connectivity index (χ4n) is 2.98. The highest BCUT2D eigenvalue weighted by Gasteiger charge is 2.09. The van der Waals surface area contributed by atoms with E-state index in [-0.39, 0.29) is 0 Å². The number of nitrogens with zero attached hydrogens (tertiary/aromatic N) is 1. The SMILES string of the molecule is CC(CCc1ccc(O)cc1)NCCCN1CCCCC1. The summed E-state index contributed by atoms with van der Waals surface area (Å²) in [4.78, 5) is 2.60. The Hall–Kier alpha value is -1.06. The van der Waals surface area contributed by atoms with Gasteiger partial charge in [0.1, 0.15) is 5.75 Å². The smallest absolute Gasteiger partial charge is 0.115 e. The molecule has 2 rings (SSSR count). The lowest BCUT2D eigenvalue weighted by molar-refractivity contribution is 0.225. The largest absolute Gasteiger partial charge is 0.508 e. The van der Waals surface area contributed by atoms with Gasteiger partial charge in [-0.05, 0) is 82.9 Å². The summed E-state index contributed by atoms with van der Waals surface area (Å²) >= 11 is 0. The number of hydrogen-bond donors (Lipinski definition) is 2. The molecule has 0 bridgehead atoms. The first-order chi connectivity index (χ1) is 10.2. The molecule has 0 aromatic heterocycles. The zero-order valence-electron chi connectivity index (χ0n) is 13.4. The number of rotatable bonds is 8. The molecule has 3 heteroatoms. The number of nitrogens with one attached hydrogen (secondary N) is 1. The molecule has 21 heavy (non-hydrogen) atoms. The molecule has 3 nitrogen and oxygen atoms in total. The Kier molecular flexibility index (Phi) is 7.04. The van der Waals surface area contributed by atoms with Crippen LogP contribution in [-0.4, -0.2) is 42.2 Å². The van der Waals surface area contributed by atoms with Crippen molar-refractivity contribution in [2.24, 2.45) is 0 Å². The van der Waals surface area contributed by atoms with E-state index in [1.165, 1.54) is 50.9 Å². The number of aromatic hydroxyl groups is 1. The second kappa shape index (κ2) is 9.06. The highest BCUT2D eigenvalue weighted by molar-refractivity contribution is 5.25. The molecule has 0 amide bonds. The lowest BCUT2D eigenvalue weighted by atomic mass is 10.1. The zero-order valence-corrected chi connectivity index (χ0v) is 13.4. The molecular formula is C18H30N2O. The molecule has 1 aromatic rings. The van der Waals surface area contributed by atoms with Crippen LogP contribution in [0, 0.1) is 0 Å². The topological polar surface area (TPSA) is 35.5 Å². The third-order valence-corrected chi connectivity index (χ3v) is 4.39. The number of phenols is 1. The fraction of sp³-hybridized carbons (Fsp3) is 0.667. The van der Waals surface area contributed by atoms with Gasteiger partial charge in [0, 0.05) is 6.04 Å². The quantitative estimate of drug-likeness (QED) is 0.722. The Morgan fingerprint density at radius 3 is 2.57 bits per heavy atom. The van der Waals surface area contributed by atoms with Crippen LogP contribution in [0.2, 0.25) is 0 Å². The van der Waals surface area contributed by atoms with Gasteiger partial charge in [-0.15, -0.1) is 0 Å². The van der Waals surface area contributed by atoms with Crippen LogP contribution in [0.25, 0.3) is 0 Å².